The zero-order valence-electron chi connectivity index (χ0n) is 8.72. The van der Waals surface area contributed by atoms with E-state index < -0.39 is 17.5 Å². The molecule has 0 bridgehead atoms. The fourth-order valence-corrected chi connectivity index (χ4v) is 1.62. The third-order valence-corrected chi connectivity index (χ3v) is 2.77. The average molecular weight is 256 g/mol. The topological polar surface area (TPSA) is 28.7 Å². The van der Waals surface area contributed by atoms with Crippen molar-refractivity contribution in [3.05, 3.63) is 46.1 Å². The van der Waals surface area contributed by atoms with E-state index >= 15 is 0 Å². The summed E-state index contributed by atoms with van der Waals surface area (Å²) in [5.74, 6) is -3.97. The van der Waals surface area contributed by atoms with E-state index in [0.29, 0.717) is 15.9 Å². The van der Waals surface area contributed by atoms with Crippen LogP contribution in [0.4, 0.5) is 13.2 Å². The zero-order chi connectivity index (χ0) is 12.6. The van der Waals surface area contributed by atoms with Gasteiger partial charge in [0.15, 0.2) is 17.5 Å². The molecule has 0 radical (unpaired) electrons. The Kier molecular flexibility index (Phi) is 2.97. The summed E-state index contributed by atoms with van der Waals surface area (Å²) in [6.07, 6.45) is 1.32. The van der Waals surface area contributed by atoms with E-state index in [0.717, 1.165) is 12.1 Å². The number of halogens is 3. The largest absolute Gasteiger partial charge is 0.346 e. The zero-order valence-corrected chi connectivity index (χ0v) is 9.54. The summed E-state index contributed by atoms with van der Waals surface area (Å²) in [6.45, 7) is 1.67. The number of H-pyrrole nitrogens is 1. The molecule has 0 saturated carbocycles. The number of benzene rings is 1. The second-order valence-electron chi connectivity index (χ2n) is 3.46. The van der Waals surface area contributed by atoms with E-state index in [4.69, 9.17) is 12.2 Å². The number of aromatic amines is 1. The number of aromatic nitrogens is 2. The Morgan fingerprint density at radius 2 is 1.76 bits per heavy atom. The van der Waals surface area contributed by atoms with Gasteiger partial charge in [-0.25, -0.2) is 18.2 Å². The number of nitrogens with one attached hydrogen (secondary N) is 1. The third kappa shape index (κ3) is 2.08. The highest BCUT2D eigenvalue weighted by Crippen LogP contribution is 2.24. The predicted octanol–water partition coefficient (Wildman–Crippen LogP) is 3.53. The molecule has 2 rings (SSSR count). The minimum absolute atomic E-state index is 0.187. The molecular formula is C11H7F3N2S. The van der Waals surface area contributed by atoms with Gasteiger partial charge < -0.3 is 4.98 Å². The van der Waals surface area contributed by atoms with E-state index in [9.17, 15) is 13.2 Å². The lowest BCUT2D eigenvalue weighted by molar-refractivity contribution is 0.447. The van der Waals surface area contributed by atoms with Crippen molar-refractivity contribution >= 4 is 12.2 Å². The Labute approximate surface area is 100 Å². The summed E-state index contributed by atoms with van der Waals surface area (Å²) in [5.41, 5.74) is 1.18. The van der Waals surface area contributed by atoms with Crippen molar-refractivity contribution in [1.82, 2.24) is 9.97 Å². The molecule has 0 unspecified atom stereocenters. The van der Waals surface area contributed by atoms with Crippen LogP contribution >= 0.6 is 12.2 Å². The van der Waals surface area contributed by atoms with Crippen molar-refractivity contribution < 1.29 is 13.2 Å². The van der Waals surface area contributed by atoms with Crippen LogP contribution < -0.4 is 0 Å². The van der Waals surface area contributed by atoms with Gasteiger partial charge in [-0.1, -0.05) is 12.2 Å². The number of hydrogen-bond donors (Lipinski definition) is 1. The lowest BCUT2D eigenvalue weighted by atomic mass is 10.1. The highest BCUT2D eigenvalue weighted by molar-refractivity contribution is 7.71. The van der Waals surface area contributed by atoms with Crippen LogP contribution in [0.5, 0.6) is 0 Å². The molecule has 1 N–H and O–H groups in total. The maximum atomic E-state index is 13.1. The van der Waals surface area contributed by atoms with Gasteiger partial charge in [-0.3, -0.25) is 0 Å². The second kappa shape index (κ2) is 4.29. The SMILES string of the molecule is Cc1c(-c2cc(F)c(F)c(F)c2)[nH]cnc1=S. The molecule has 0 aliphatic rings. The lowest BCUT2D eigenvalue weighted by Crippen LogP contribution is -1.96. The minimum Gasteiger partial charge on any atom is -0.346 e. The third-order valence-electron chi connectivity index (χ3n) is 2.36. The van der Waals surface area contributed by atoms with E-state index in [1.54, 1.807) is 6.92 Å². The van der Waals surface area contributed by atoms with Gasteiger partial charge in [-0.05, 0) is 19.1 Å². The Hall–Kier alpha value is -1.69. The van der Waals surface area contributed by atoms with Crippen LogP contribution in [0.2, 0.25) is 0 Å². The Morgan fingerprint density at radius 3 is 2.35 bits per heavy atom. The fraction of sp³-hybridized carbons (Fsp3) is 0.0909. The summed E-state index contributed by atoms with van der Waals surface area (Å²) in [5, 5.41) is 0. The molecule has 88 valence electrons. The molecule has 0 aliphatic heterocycles. The number of rotatable bonds is 1. The summed E-state index contributed by atoms with van der Waals surface area (Å²) >= 11 is 4.94. The van der Waals surface area contributed by atoms with Gasteiger partial charge >= 0.3 is 0 Å². The molecule has 2 nitrogen and oxygen atoms in total. The molecule has 1 heterocycles. The first-order valence-corrected chi connectivity index (χ1v) is 5.10. The average Bonchev–Trinajstić information content (AvgIpc) is 2.29. The van der Waals surface area contributed by atoms with E-state index in [-0.39, 0.29) is 5.56 Å². The van der Waals surface area contributed by atoms with Crippen molar-refractivity contribution in [1.29, 1.82) is 0 Å². The standard InChI is InChI=1S/C11H7F3N2S/c1-5-10(15-4-16-11(5)17)6-2-7(12)9(14)8(13)3-6/h2-4H,1H3,(H,15,16,17). The Bertz CT molecular complexity index is 614. The molecule has 0 amide bonds. The smallest absolute Gasteiger partial charge is 0.194 e. The lowest BCUT2D eigenvalue weighted by Gasteiger charge is -2.06. The summed E-state index contributed by atoms with van der Waals surface area (Å²) < 4.78 is 39.3. The first-order valence-electron chi connectivity index (χ1n) is 4.70. The maximum absolute atomic E-state index is 13.1. The molecule has 17 heavy (non-hydrogen) atoms. The molecule has 6 heteroatoms. The van der Waals surface area contributed by atoms with Crippen molar-refractivity contribution in [2.24, 2.45) is 0 Å². The summed E-state index contributed by atoms with van der Waals surface area (Å²) in [7, 11) is 0. The van der Waals surface area contributed by atoms with E-state index in [2.05, 4.69) is 9.97 Å². The first-order chi connectivity index (χ1) is 8.00. The van der Waals surface area contributed by atoms with Gasteiger partial charge in [0.1, 0.15) is 4.64 Å². The number of hydrogen-bond acceptors (Lipinski definition) is 2. The van der Waals surface area contributed by atoms with Crippen molar-refractivity contribution in [2.75, 3.05) is 0 Å². The van der Waals surface area contributed by atoms with Crippen molar-refractivity contribution in [3.8, 4) is 11.3 Å². The summed E-state index contributed by atoms with van der Waals surface area (Å²) in [6, 6.07) is 1.82. The van der Waals surface area contributed by atoms with Crippen LogP contribution in [-0.2, 0) is 0 Å². The fourth-order valence-electron chi connectivity index (χ4n) is 1.47. The molecule has 0 spiro atoms. The quantitative estimate of drug-likeness (QED) is 0.624. The van der Waals surface area contributed by atoms with Crippen LogP contribution in [0.3, 0.4) is 0 Å². The molecule has 1 aromatic carbocycles. The van der Waals surface area contributed by atoms with E-state index in [1.807, 2.05) is 0 Å². The molecule has 0 saturated heterocycles. The van der Waals surface area contributed by atoms with Gasteiger partial charge in [0, 0.05) is 11.1 Å². The Balaban J connectivity index is 2.69. The van der Waals surface area contributed by atoms with Gasteiger partial charge in [0.25, 0.3) is 0 Å². The van der Waals surface area contributed by atoms with Gasteiger partial charge in [-0.15, -0.1) is 0 Å². The van der Waals surface area contributed by atoms with Crippen LogP contribution in [0.25, 0.3) is 11.3 Å². The molecule has 0 atom stereocenters. The Morgan fingerprint density at radius 1 is 1.18 bits per heavy atom. The highest BCUT2D eigenvalue weighted by Gasteiger charge is 2.13. The van der Waals surface area contributed by atoms with Crippen LogP contribution in [0, 0.1) is 29.0 Å². The molecular weight excluding hydrogens is 249 g/mol. The van der Waals surface area contributed by atoms with Crippen LogP contribution in [0.1, 0.15) is 5.56 Å². The monoisotopic (exact) mass is 256 g/mol. The van der Waals surface area contributed by atoms with Gasteiger partial charge in [0.2, 0.25) is 0 Å². The van der Waals surface area contributed by atoms with E-state index in [1.165, 1.54) is 6.33 Å². The molecule has 1 aromatic heterocycles. The van der Waals surface area contributed by atoms with Crippen LogP contribution in [0.15, 0.2) is 18.5 Å². The van der Waals surface area contributed by atoms with Crippen LogP contribution in [-0.4, -0.2) is 9.97 Å². The van der Waals surface area contributed by atoms with Crippen molar-refractivity contribution in [3.63, 3.8) is 0 Å². The molecule has 0 fully saturated rings. The van der Waals surface area contributed by atoms with Gasteiger partial charge in [0.05, 0.1) is 12.0 Å². The highest BCUT2D eigenvalue weighted by atomic mass is 32.1. The minimum atomic E-state index is -1.49. The summed E-state index contributed by atoms with van der Waals surface area (Å²) in [4.78, 5) is 6.56. The normalized spacial score (nSPS) is 10.6. The number of nitrogens with zero attached hydrogens (tertiary/aromatic N) is 1. The first kappa shape index (κ1) is 11.8. The van der Waals surface area contributed by atoms with Crippen molar-refractivity contribution in [2.45, 2.75) is 6.92 Å². The second-order valence-corrected chi connectivity index (χ2v) is 3.85. The maximum Gasteiger partial charge on any atom is 0.194 e. The predicted molar refractivity (Wildman–Crippen MR) is 59.5 cm³/mol. The molecule has 0 aliphatic carbocycles. The van der Waals surface area contributed by atoms with Gasteiger partial charge in [-0.2, -0.15) is 0 Å². The molecule has 2 aromatic rings.